The van der Waals surface area contributed by atoms with Crippen molar-refractivity contribution in [2.75, 3.05) is 6.61 Å². The van der Waals surface area contributed by atoms with E-state index < -0.39 is 12.1 Å². The van der Waals surface area contributed by atoms with Crippen molar-refractivity contribution in [2.24, 2.45) is 5.92 Å². The van der Waals surface area contributed by atoms with Crippen LogP contribution < -0.4 is 0 Å². The molecule has 15 heavy (non-hydrogen) atoms. The van der Waals surface area contributed by atoms with Gasteiger partial charge in [-0.1, -0.05) is 20.4 Å². The van der Waals surface area contributed by atoms with E-state index in [1.807, 2.05) is 13.8 Å². The summed E-state index contributed by atoms with van der Waals surface area (Å²) >= 11 is 0. The lowest BCUT2D eigenvalue weighted by Crippen LogP contribution is -2.21. The molecule has 4 nitrogen and oxygen atoms in total. The van der Waals surface area contributed by atoms with E-state index in [4.69, 9.17) is 9.47 Å². The Hall–Kier alpha value is -1.32. The second-order valence-corrected chi connectivity index (χ2v) is 3.73. The molecule has 0 spiro atoms. The standard InChI is InChI=1S/C11H18O4/c1-5-10(12)15-9(4)7-14-11(13)6-8(2)3/h5,8-9H,1,6-7H2,2-4H3. The van der Waals surface area contributed by atoms with Crippen LogP contribution in [-0.4, -0.2) is 24.6 Å². The molecule has 0 radical (unpaired) electrons. The van der Waals surface area contributed by atoms with Gasteiger partial charge in [0.2, 0.25) is 0 Å². The third kappa shape index (κ3) is 7.73. The van der Waals surface area contributed by atoms with Crippen LogP contribution in [0.25, 0.3) is 0 Å². The number of carbonyl (C=O) groups is 2. The summed E-state index contributed by atoms with van der Waals surface area (Å²) < 4.78 is 9.73. The Morgan fingerprint density at radius 1 is 1.33 bits per heavy atom. The Labute approximate surface area is 90.2 Å². The fraction of sp³-hybridized carbons (Fsp3) is 0.636. The van der Waals surface area contributed by atoms with Crippen molar-refractivity contribution in [1.29, 1.82) is 0 Å². The van der Waals surface area contributed by atoms with Gasteiger partial charge in [0.05, 0.1) is 0 Å². The first-order chi connectivity index (χ1) is 6.95. The average Bonchev–Trinajstić information content (AvgIpc) is 2.13. The van der Waals surface area contributed by atoms with Gasteiger partial charge in [0, 0.05) is 12.5 Å². The van der Waals surface area contributed by atoms with Crippen molar-refractivity contribution < 1.29 is 19.1 Å². The van der Waals surface area contributed by atoms with Crippen molar-refractivity contribution in [2.45, 2.75) is 33.3 Å². The van der Waals surface area contributed by atoms with Gasteiger partial charge in [-0.25, -0.2) is 4.79 Å². The molecule has 0 saturated heterocycles. The highest BCUT2D eigenvalue weighted by Gasteiger charge is 2.11. The summed E-state index contributed by atoms with van der Waals surface area (Å²) in [5.74, 6) is -0.516. The van der Waals surface area contributed by atoms with E-state index in [1.165, 1.54) is 0 Å². The van der Waals surface area contributed by atoms with Crippen LogP contribution in [0, 0.1) is 5.92 Å². The summed E-state index contributed by atoms with van der Waals surface area (Å²) in [6.45, 7) is 8.88. The van der Waals surface area contributed by atoms with E-state index >= 15 is 0 Å². The van der Waals surface area contributed by atoms with Crippen LogP contribution in [0.5, 0.6) is 0 Å². The highest BCUT2D eigenvalue weighted by Crippen LogP contribution is 2.02. The summed E-state index contributed by atoms with van der Waals surface area (Å²) in [6.07, 6.45) is 1.01. The Bertz CT molecular complexity index is 233. The van der Waals surface area contributed by atoms with Gasteiger partial charge in [-0.3, -0.25) is 4.79 Å². The van der Waals surface area contributed by atoms with E-state index in [0.29, 0.717) is 6.42 Å². The zero-order valence-electron chi connectivity index (χ0n) is 9.49. The highest BCUT2D eigenvalue weighted by molar-refractivity contribution is 5.81. The lowest BCUT2D eigenvalue weighted by atomic mass is 10.1. The van der Waals surface area contributed by atoms with Crippen LogP contribution in [0.4, 0.5) is 0 Å². The molecule has 4 heteroatoms. The van der Waals surface area contributed by atoms with Crippen molar-refractivity contribution in [3.63, 3.8) is 0 Å². The Balaban J connectivity index is 3.70. The van der Waals surface area contributed by atoms with E-state index in [-0.39, 0.29) is 18.5 Å². The Morgan fingerprint density at radius 3 is 2.40 bits per heavy atom. The number of carbonyl (C=O) groups excluding carboxylic acids is 2. The Morgan fingerprint density at radius 2 is 1.93 bits per heavy atom. The van der Waals surface area contributed by atoms with Gasteiger partial charge in [0.25, 0.3) is 0 Å². The van der Waals surface area contributed by atoms with Crippen molar-refractivity contribution in [3.8, 4) is 0 Å². The summed E-state index contributed by atoms with van der Waals surface area (Å²) in [6, 6.07) is 0. The molecular weight excluding hydrogens is 196 g/mol. The van der Waals surface area contributed by atoms with Crippen LogP contribution in [0.15, 0.2) is 12.7 Å². The predicted octanol–water partition coefficient (Wildman–Crippen LogP) is 1.69. The van der Waals surface area contributed by atoms with Crippen LogP contribution >= 0.6 is 0 Å². The van der Waals surface area contributed by atoms with Gasteiger partial charge < -0.3 is 9.47 Å². The molecule has 0 N–H and O–H groups in total. The minimum absolute atomic E-state index is 0.0884. The maximum atomic E-state index is 11.1. The SMILES string of the molecule is C=CC(=O)OC(C)COC(=O)CC(C)C. The van der Waals surface area contributed by atoms with Gasteiger partial charge in [-0.2, -0.15) is 0 Å². The summed E-state index contributed by atoms with van der Waals surface area (Å²) in [4.78, 5) is 21.9. The van der Waals surface area contributed by atoms with E-state index in [0.717, 1.165) is 6.08 Å². The van der Waals surface area contributed by atoms with Crippen molar-refractivity contribution in [1.82, 2.24) is 0 Å². The quantitative estimate of drug-likeness (QED) is 0.498. The zero-order valence-corrected chi connectivity index (χ0v) is 9.49. The van der Waals surface area contributed by atoms with Gasteiger partial charge in [-0.15, -0.1) is 0 Å². The van der Waals surface area contributed by atoms with E-state index in [1.54, 1.807) is 6.92 Å². The predicted molar refractivity (Wildman–Crippen MR) is 56.2 cm³/mol. The van der Waals surface area contributed by atoms with Gasteiger partial charge in [0.15, 0.2) is 0 Å². The van der Waals surface area contributed by atoms with Gasteiger partial charge in [0.1, 0.15) is 12.7 Å². The lowest BCUT2D eigenvalue weighted by molar-refractivity contribution is -0.155. The molecule has 0 aliphatic rings. The molecule has 0 aromatic rings. The smallest absolute Gasteiger partial charge is 0.330 e. The summed E-state index contributed by atoms with van der Waals surface area (Å²) in [7, 11) is 0. The number of esters is 2. The maximum absolute atomic E-state index is 11.1. The molecule has 0 bridgehead atoms. The number of hydrogen-bond acceptors (Lipinski definition) is 4. The molecule has 0 aliphatic carbocycles. The minimum atomic E-state index is -0.512. The molecule has 0 rings (SSSR count). The Kier molecular flexibility index (Phi) is 6.42. The molecule has 0 aromatic carbocycles. The van der Waals surface area contributed by atoms with Crippen LogP contribution in [-0.2, 0) is 19.1 Å². The fourth-order valence-corrected chi connectivity index (χ4v) is 0.883. The van der Waals surface area contributed by atoms with Crippen LogP contribution in [0.2, 0.25) is 0 Å². The molecule has 0 saturated carbocycles. The van der Waals surface area contributed by atoms with Gasteiger partial charge in [-0.05, 0) is 12.8 Å². The lowest BCUT2D eigenvalue weighted by Gasteiger charge is -2.12. The third-order valence-electron chi connectivity index (χ3n) is 1.54. The van der Waals surface area contributed by atoms with Crippen LogP contribution in [0.3, 0.4) is 0 Å². The number of rotatable bonds is 6. The summed E-state index contributed by atoms with van der Waals surface area (Å²) in [5.41, 5.74) is 0. The first-order valence-corrected chi connectivity index (χ1v) is 4.94. The second kappa shape index (κ2) is 7.04. The molecule has 86 valence electrons. The normalized spacial score (nSPS) is 12.0. The topological polar surface area (TPSA) is 52.6 Å². The summed E-state index contributed by atoms with van der Waals surface area (Å²) in [5, 5.41) is 0. The molecule has 1 atom stereocenters. The molecule has 0 aromatic heterocycles. The van der Waals surface area contributed by atoms with Crippen LogP contribution in [0.1, 0.15) is 27.2 Å². The molecule has 1 unspecified atom stereocenters. The third-order valence-corrected chi connectivity index (χ3v) is 1.54. The molecule has 0 fully saturated rings. The van der Waals surface area contributed by atoms with E-state index in [9.17, 15) is 9.59 Å². The average molecular weight is 214 g/mol. The largest absolute Gasteiger partial charge is 0.462 e. The zero-order chi connectivity index (χ0) is 11.8. The molecule has 0 heterocycles. The minimum Gasteiger partial charge on any atom is -0.462 e. The number of hydrogen-bond donors (Lipinski definition) is 0. The van der Waals surface area contributed by atoms with Crippen molar-refractivity contribution in [3.05, 3.63) is 12.7 Å². The molecule has 0 amide bonds. The van der Waals surface area contributed by atoms with Gasteiger partial charge >= 0.3 is 11.9 Å². The maximum Gasteiger partial charge on any atom is 0.330 e. The molecule has 0 aliphatic heterocycles. The monoisotopic (exact) mass is 214 g/mol. The fourth-order valence-electron chi connectivity index (χ4n) is 0.883. The number of ether oxygens (including phenoxy) is 2. The second-order valence-electron chi connectivity index (χ2n) is 3.73. The first kappa shape index (κ1) is 13.7. The highest BCUT2D eigenvalue weighted by atomic mass is 16.6. The molecular formula is C11H18O4. The van der Waals surface area contributed by atoms with Crippen molar-refractivity contribution >= 4 is 11.9 Å². The first-order valence-electron chi connectivity index (χ1n) is 4.94. The van der Waals surface area contributed by atoms with E-state index in [2.05, 4.69) is 6.58 Å².